The first-order valence-corrected chi connectivity index (χ1v) is 24.4. The lowest BCUT2D eigenvalue weighted by Crippen LogP contribution is -2.49. The van der Waals surface area contributed by atoms with Crippen LogP contribution in [-0.4, -0.2) is 74.2 Å². The third kappa shape index (κ3) is 9.41. The number of rotatable bonds is 11. The lowest BCUT2D eigenvalue weighted by Gasteiger charge is -2.41. The van der Waals surface area contributed by atoms with Crippen LogP contribution in [0, 0.1) is 30.2 Å². The minimum absolute atomic E-state index is 0.0251. The van der Waals surface area contributed by atoms with E-state index < -0.39 is 65.0 Å². The van der Waals surface area contributed by atoms with Crippen LogP contribution in [0.1, 0.15) is 94.9 Å². The predicted molar refractivity (Wildman–Crippen MR) is 231 cm³/mol. The van der Waals surface area contributed by atoms with E-state index in [1.807, 2.05) is 12.1 Å². The van der Waals surface area contributed by atoms with Crippen LogP contribution >= 0.6 is 0 Å². The molecule has 5 heterocycles. The van der Waals surface area contributed by atoms with Gasteiger partial charge in [0.2, 0.25) is 20.0 Å². The van der Waals surface area contributed by atoms with Crippen LogP contribution in [0.2, 0.25) is 0 Å². The maximum Gasteiger partial charge on any atom is 0.221 e. The van der Waals surface area contributed by atoms with Crippen molar-refractivity contribution in [2.75, 3.05) is 26.4 Å². The maximum atomic E-state index is 15.4. The molecule has 5 aromatic rings. The Morgan fingerprint density at radius 1 is 0.662 bits per heavy atom. The Hall–Kier alpha value is -4.53. The van der Waals surface area contributed by atoms with Gasteiger partial charge in [0.25, 0.3) is 0 Å². The van der Waals surface area contributed by atoms with Crippen LogP contribution in [-0.2, 0) is 65.2 Å². The Kier molecular flexibility index (Phi) is 13.5. The minimum atomic E-state index is -3.78. The van der Waals surface area contributed by atoms with E-state index in [-0.39, 0.29) is 80.5 Å². The first kappa shape index (κ1) is 47.0. The molecule has 1 aromatic heterocycles. The molecule has 0 bridgehead atoms. The SMILES string of the molecule is C[C@H]1CC[C@H](c2ccccc2)S(=O)(=O)N1Cc1cc(F)c(C2(O)COC2)cc1F.Cc1cc(COC2(c3cc(F)c(CN4[C@@H](C)CC[C@H](c5ccccc5)S4(=O)=O)cc3F)COC2)no1. The number of sulfonamides is 2. The second-order valence-electron chi connectivity index (χ2n) is 17.4. The Morgan fingerprint density at radius 3 is 1.54 bits per heavy atom. The molecule has 18 heteroatoms. The topological polar surface area (TPSA) is 149 Å². The van der Waals surface area contributed by atoms with Gasteiger partial charge >= 0.3 is 0 Å². The summed E-state index contributed by atoms with van der Waals surface area (Å²) in [5.41, 5.74) is -0.975. The van der Waals surface area contributed by atoms with Crippen molar-refractivity contribution in [3.05, 3.63) is 159 Å². The van der Waals surface area contributed by atoms with Crippen LogP contribution in [0.4, 0.5) is 17.6 Å². The normalized spacial score (nSPS) is 24.6. The summed E-state index contributed by atoms with van der Waals surface area (Å²) in [6.07, 6.45) is 2.20. The molecule has 0 spiro atoms. The Morgan fingerprint density at radius 2 is 1.12 bits per heavy atom. The Bertz CT molecular complexity index is 2720. The van der Waals surface area contributed by atoms with E-state index in [1.54, 1.807) is 75.4 Å². The highest BCUT2D eigenvalue weighted by molar-refractivity contribution is 7.89. The molecule has 0 saturated carbocycles. The van der Waals surface area contributed by atoms with E-state index >= 15 is 8.78 Å². The number of halogens is 4. The lowest BCUT2D eigenvalue weighted by molar-refractivity contribution is -0.224. The van der Waals surface area contributed by atoms with E-state index in [2.05, 4.69) is 5.16 Å². The second kappa shape index (κ2) is 18.6. The van der Waals surface area contributed by atoms with Gasteiger partial charge in [-0.25, -0.2) is 34.4 Å². The summed E-state index contributed by atoms with van der Waals surface area (Å²) in [5.74, 6) is -2.26. The van der Waals surface area contributed by atoms with E-state index in [1.165, 1.54) is 8.61 Å². The first-order chi connectivity index (χ1) is 30.9. The number of hydrogen-bond acceptors (Lipinski definition) is 10. The Labute approximate surface area is 376 Å². The molecular formula is C47H51F4N3O9S2. The lowest BCUT2D eigenvalue weighted by atomic mass is 9.90. The van der Waals surface area contributed by atoms with Gasteiger partial charge in [-0.05, 0) is 81.8 Å². The smallest absolute Gasteiger partial charge is 0.221 e. The molecule has 4 aromatic carbocycles. The zero-order valence-electron chi connectivity index (χ0n) is 36.1. The Balaban J connectivity index is 0.000000181. The van der Waals surface area contributed by atoms with Crippen molar-refractivity contribution >= 4 is 20.0 Å². The highest BCUT2D eigenvalue weighted by atomic mass is 32.2. The standard InChI is InChI=1S/C26H28F2N2O5S.C21H23F2NO4S/c1-17-8-9-25(19-6-4-3-5-7-19)36(31,32)30(17)13-20-11-24(28)22(12-23(20)27)26(15-33-16-26)34-14-21-10-18(2)35-29-21;1-14-7-8-20(15-5-3-2-4-6-15)29(26,27)24(14)11-16-9-19(23)17(10-18(16)22)21(25)12-28-13-21/h3-7,10-12,17,25H,8-9,13-16H2,1-2H3;2-6,9-10,14,20,25H,7-8,11-13H2,1H3/t17-,25+;14-,20+/m00/s1. The molecule has 0 radical (unpaired) electrons. The van der Waals surface area contributed by atoms with Crippen molar-refractivity contribution in [1.82, 2.24) is 13.8 Å². The molecule has 9 rings (SSSR count). The van der Waals surface area contributed by atoms with Gasteiger partial charge in [-0.2, -0.15) is 8.61 Å². The largest absolute Gasteiger partial charge is 0.380 e. The van der Waals surface area contributed by atoms with Gasteiger partial charge in [-0.15, -0.1) is 0 Å². The summed E-state index contributed by atoms with van der Waals surface area (Å²) in [6.45, 7) is 4.79. The third-order valence-electron chi connectivity index (χ3n) is 12.8. The highest BCUT2D eigenvalue weighted by Gasteiger charge is 2.46. The second-order valence-corrected chi connectivity index (χ2v) is 21.5. The summed E-state index contributed by atoms with van der Waals surface area (Å²) < 4.78 is 137. The first-order valence-electron chi connectivity index (χ1n) is 21.4. The molecule has 12 nitrogen and oxygen atoms in total. The van der Waals surface area contributed by atoms with Gasteiger partial charge in [0.1, 0.15) is 56.4 Å². The van der Waals surface area contributed by atoms with E-state index in [9.17, 15) is 30.7 Å². The summed E-state index contributed by atoms with van der Waals surface area (Å²) in [5, 5.41) is 12.7. The summed E-state index contributed by atoms with van der Waals surface area (Å²) >= 11 is 0. The van der Waals surface area contributed by atoms with Gasteiger partial charge in [0.05, 0.1) is 33.0 Å². The van der Waals surface area contributed by atoms with Crippen LogP contribution in [0.25, 0.3) is 0 Å². The molecule has 4 fully saturated rings. The van der Waals surface area contributed by atoms with E-state index in [4.69, 9.17) is 18.7 Å². The number of benzene rings is 4. The van der Waals surface area contributed by atoms with Crippen molar-refractivity contribution in [1.29, 1.82) is 0 Å². The third-order valence-corrected chi connectivity index (χ3v) is 17.6. The number of aryl methyl sites for hydroxylation is 1. The molecule has 65 heavy (non-hydrogen) atoms. The number of aliphatic hydroxyl groups is 1. The monoisotopic (exact) mass is 941 g/mol. The molecule has 1 N–H and O–H groups in total. The average Bonchev–Trinajstić information content (AvgIpc) is 3.67. The number of ether oxygens (including phenoxy) is 3. The van der Waals surface area contributed by atoms with Gasteiger partial charge < -0.3 is 23.8 Å². The van der Waals surface area contributed by atoms with Gasteiger partial charge in [0.15, 0.2) is 0 Å². The predicted octanol–water partition coefficient (Wildman–Crippen LogP) is 8.00. The number of nitrogens with zero attached hydrogens (tertiary/aromatic N) is 3. The molecule has 4 aliphatic rings. The van der Waals surface area contributed by atoms with Crippen LogP contribution in [0.15, 0.2) is 95.5 Å². The van der Waals surface area contributed by atoms with Gasteiger partial charge in [0, 0.05) is 53.5 Å². The van der Waals surface area contributed by atoms with Crippen molar-refractivity contribution in [3.8, 4) is 0 Å². The molecule has 0 unspecified atom stereocenters. The fraction of sp³-hybridized carbons (Fsp3) is 0.426. The molecule has 4 saturated heterocycles. The van der Waals surface area contributed by atoms with Crippen molar-refractivity contribution in [2.24, 2.45) is 0 Å². The van der Waals surface area contributed by atoms with Crippen LogP contribution in [0.3, 0.4) is 0 Å². The number of aromatic nitrogens is 1. The molecule has 0 aliphatic carbocycles. The zero-order chi connectivity index (χ0) is 46.3. The maximum absolute atomic E-state index is 15.4. The zero-order valence-corrected chi connectivity index (χ0v) is 37.8. The fourth-order valence-electron chi connectivity index (χ4n) is 8.92. The molecular weight excluding hydrogens is 891 g/mol. The summed E-state index contributed by atoms with van der Waals surface area (Å²) in [4.78, 5) is 0. The molecule has 4 atom stereocenters. The quantitative estimate of drug-likeness (QED) is 0.129. The highest BCUT2D eigenvalue weighted by Crippen LogP contribution is 2.42. The van der Waals surface area contributed by atoms with Crippen LogP contribution < -0.4 is 0 Å². The average molecular weight is 942 g/mol. The van der Waals surface area contributed by atoms with Crippen LogP contribution in [0.5, 0.6) is 0 Å². The van der Waals surface area contributed by atoms with E-state index in [0.717, 1.165) is 24.3 Å². The number of hydrogen-bond donors (Lipinski definition) is 1. The van der Waals surface area contributed by atoms with Crippen molar-refractivity contribution < 1.29 is 58.2 Å². The van der Waals surface area contributed by atoms with Crippen molar-refractivity contribution in [2.45, 2.75) is 99.9 Å². The van der Waals surface area contributed by atoms with Gasteiger partial charge in [-0.3, -0.25) is 0 Å². The fourth-order valence-corrected chi connectivity index (χ4v) is 13.3. The summed E-state index contributed by atoms with van der Waals surface area (Å²) in [6, 6.07) is 23.1. The van der Waals surface area contributed by atoms with E-state index in [0.29, 0.717) is 48.3 Å². The van der Waals surface area contributed by atoms with Gasteiger partial charge in [-0.1, -0.05) is 65.8 Å². The molecule has 0 amide bonds. The molecule has 4 aliphatic heterocycles. The minimum Gasteiger partial charge on any atom is -0.380 e. The van der Waals surface area contributed by atoms with Crippen molar-refractivity contribution in [3.63, 3.8) is 0 Å². The summed E-state index contributed by atoms with van der Waals surface area (Å²) in [7, 11) is -7.53. The molecule has 348 valence electrons.